The van der Waals surface area contributed by atoms with E-state index in [0.29, 0.717) is 0 Å². The minimum atomic E-state index is -0.0308. The lowest BCUT2D eigenvalue weighted by atomic mass is 9.88. The lowest BCUT2D eigenvalue weighted by Gasteiger charge is -2.11. The first kappa shape index (κ1) is 16.7. The molecule has 0 aliphatic rings. The molecule has 1 radical (unpaired) electrons. The number of nitrogens with zero attached hydrogens (tertiary/aromatic N) is 6. The zero-order valence-electron chi connectivity index (χ0n) is 12.6. The number of hydrogen-bond donors (Lipinski definition) is 0. The van der Waals surface area contributed by atoms with Gasteiger partial charge in [-0.1, -0.05) is 0 Å². The molecule has 6 nitrogen and oxygen atoms in total. The molecule has 0 saturated carbocycles. The summed E-state index contributed by atoms with van der Waals surface area (Å²) in [5.74, 6) is 0. The third kappa shape index (κ3) is 2.84. The Labute approximate surface area is 143 Å². The molecule has 0 bridgehead atoms. The Morgan fingerprint density at radius 1 is 0.480 bits per heavy atom. The molecule has 25 heavy (non-hydrogen) atoms. The quantitative estimate of drug-likeness (QED) is 0.832. The third-order valence-electron chi connectivity index (χ3n) is 3.49. The Morgan fingerprint density at radius 2 is 0.800 bits per heavy atom. The second kappa shape index (κ2) is 7.09. The van der Waals surface area contributed by atoms with E-state index in [2.05, 4.69) is 0 Å². The summed E-state index contributed by atoms with van der Waals surface area (Å²) in [6.07, 6.45) is 1.33. The van der Waals surface area contributed by atoms with E-state index in [1.165, 1.54) is 30.7 Å². The molecule has 0 fully saturated rings. The maximum Gasteiger partial charge on any atom is 0.101 e. The lowest BCUT2D eigenvalue weighted by Crippen LogP contribution is -2.03. The van der Waals surface area contributed by atoms with Gasteiger partial charge in [-0.05, 0) is 35.4 Å². The van der Waals surface area contributed by atoms with Crippen LogP contribution in [0.25, 0.3) is 0 Å². The fraction of sp³-hybridized carbons (Fsp3) is 0. The summed E-state index contributed by atoms with van der Waals surface area (Å²) in [4.78, 5) is 0. The van der Waals surface area contributed by atoms with Crippen LogP contribution in [0.2, 0.25) is 0 Å². The van der Waals surface area contributed by atoms with Crippen LogP contribution in [0.3, 0.4) is 0 Å². The highest BCUT2D eigenvalue weighted by molar-refractivity contribution is 5.67. The summed E-state index contributed by atoms with van der Waals surface area (Å²) < 4.78 is 0. The summed E-state index contributed by atoms with van der Waals surface area (Å²) in [5.41, 5.74) is 0.575. The topological polar surface area (TPSA) is 143 Å². The molecule has 0 atom stereocenters. The molecule has 2 aromatic rings. The molecule has 0 amide bonds. The van der Waals surface area contributed by atoms with Crippen LogP contribution in [0, 0.1) is 74.4 Å². The van der Waals surface area contributed by atoms with Crippen molar-refractivity contribution in [1.29, 1.82) is 31.6 Å². The molecular formula is C19H5N6. The second-order valence-corrected chi connectivity index (χ2v) is 4.71. The van der Waals surface area contributed by atoms with Gasteiger partial charge in [0.05, 0.1) is 45.5 Å². The highest BCUT2D eigenvalue weighted by Gasteiger charge is 2.20. The molecule has 0 saturated heterocycles. The van der Waals surface area contributed by atoms with Crippen molar-refractivity contribution in [3.05, 3.63) is 75.2 Å². The van der Waals surface area contributed by atoms with Gasteiger partial charge in [-0.25, -0.2) is 0 Å². The molecular weight excluding hydrogens is 312 g/mol. The van der Waals surface area contributed by atoms with Crippen LogP contribution in [0.1, 0.15) is 44.5 Å². The van der Waals surface area contributed by atoms with Crippen LogP contribution in [0.15, 0.2) is 24.3 Å². The van der Waals surface area contributed by atoms with E-state index in [-0.39, 0.29) is 44.5 Å². The molecule has 111 valence electrons. The molecule has 2 aromatic carbocycles. The summed E-state index contributed by atoms with van der Waals surface area (Å²) in [7, 11) is 0. The van der Waals surface area contributed by atoms with Crippen molar-refractivity contribution in [3.8, 4) is 36.4 Å². The molecule has 0 aliphatic heterocycles. The number of hydrogen-bond acceptors (Lipinski definition) is 6. The Morgan fingerprint density at radius 3 is 1.08 bits per heavy atom. The molecule has 0 N–H and O–H groups in total. The van der Waals surface area contributed by atoms with E-state index < -0.39 is 0 Å². The molecule has 0 aliphatic carbocycles. The van der Waals surface area contributed by atoms with E-state index in [9.17, 15) is 21.0 Å². The smallest absolute Gasteiger partial charge is 0.101 e. The van der Waals surface area contributed by atoms with Gasteiger partial charge < -0.3 is 0 Å². The Balaban J connectivity index is 2.84. The van der Waals surface area contributed by atoms with Crippen LogP contribution in [-0.2, 0) is 0 Å². The van der Waals surface area contributed by atoms with Crippen LogP contribution in [-0.4, -0.2) is 0 Å². The summed E-state index contributed by atoms with van der Waals surface area (Å²) in [6, 6.07) is 16.8. The first-order valence-electron chi connectivity index (χ1n) is 6.74. The normalized spacial score (nSPS) is 8.72. The van der Waals surface area contributed by atoms with Gasteiger partial charge in [0.2, 0.25) is 0 Å². The molecule has 0 aromatic heterocycles. The van der Waals surface area contributed by atoms with Crippen LogP contribution in [0.4, 0.5) is 0 Å². The third-order valence-corrected chi connectivity index (χ3v) is 3.49. The average molecular weight is 317 g/mol. The van der Waals surface area contributed by atoms with Crippen LogP contribution in [0.5, 0.6) is 0 Å². The zero-order valence-corrected chi connectivity index (χ0v) is 12.6. The fourth-order valence-electron chi connectivity index (χ4n) is 2.31. The standard InChI is InChI=1S/C19H5N6/c20-6-12-1-3-14(8-22)18(10-24)16(12)5-17-13(7-21)2-4-15(9-23)19(17)11-25/h1-5H. The molecule has 6 heteroatoms. The van der Waals surface area contributed by atoms with Crippen molar-refractivity contribution in [2.75, 3.05) is 0 Å². The van der Waals surface area contributed by atoms with Crippen molar-refractivity contribution in [2.45, 2.75) is 0 Å². The van der Waals surface area contributed by atoms with Crippen molar-refractivity contribution in [1.82, 2.24) is 0 Å². The van der Waals surface area contributed by atoms with E-state index in [0.717, 1.165) is 0 Å². The highest BCUT2D eigenvalue weighted by atomic mass is 14.3. The van der Waals surface area contributed by atoms with E-state index in [1.807, 2.05) is 36.4 Å². The fourth-order valence-corrected chi connectivity index (χ4v) is 2.31. The summed E-state index contributed by atoms with van der Waals surface area (Å²) in [5, 5.41) is 55.6. The number of rotatable bonds is 2. The molecule has 0 heterocycles. The van der Waals surface area contributed by atoms with Crippen molar-refractivity contribution < 1.29 is 0 Å². The number of nitriles is 6. The van der Waals surface area contributed by atoms with Gasteiger partial charge in [0.15, 0.2) is 0 Å². The predicted molar refractivity (Wildman–Crippen MR) is 83.7 cm³/mol. The molecule has 0 unspecified atom stereocenters. The number of benzene rings is 2. The van der Waals surface area contributed by atoms with E-state index in [4.69, 9.17) is 10.5 Å². The Bertz CT molecular complexity index is 1040. The van der Waals surface area contributed by atoms with Gasteiger partial charge in [0.25, 0.3) is 0 Å². The van der Waals surface area contributed by atoms with Gasteiger partial charge in [-0.3, -0.25) is 0 Å². The Hall–Kier alpha value is -4.62. The first-order chi connectivity index (χ1) is 12.1. The molecule has 2 rings (SSSR count). The van der Waals surface area contributed by atoms with Gasteiger partial charge in [0.1, 0.15) is 24.3 Å². The minimum Gasteiger partial charge on any atom is -0.192 e. The Kier molecular flexibility index (Phi) is 4.75. The largest absolute Gasteiger partial charge is 0.192 e. The SMILES string of the molecule is N#Cc1ccc(C#N)c([CH]c2c(C#N)ccc(C#N)c2C#N)c1C#N. The first-order valence-corrected chi connectivity index (χ1v) is 6.74. The molecule has 0 spiro atoms. The summed E-state index contributed by atoms with van der Waals surface area (Å²) >= 11 is 0. The van der Waals surface area contributed by atoms with Crippen molar-refractivity contribution in [2.24, 2.45) is 0 Å². The highest BCUT2D eigenvalue weighted by Crippen LogP contribution is 2.28. The zero-order chi connectivity index (χ0) is 18.4. The van der Waals surface area contributed by atoms with Gasteiger partial charge in [0, 0.05) is 6.42 Å². The van der Waals surface area contributed by atoms with E-state index >= 15 is 0 Å². The second-order valence-electron chi connectivity index (χ2n) is 4.71. The van der Waals surface area contributed by atoms with Crippen molar-refractivity contribution >= 4 is 0 Å². The van der Waals surface area contributed by atoms with Gasteiger partial charge in [-0.15, -0.1) is 0 Å². The maximum absolute atomic E-state index is 9.37. The van der Waals surface area contributed by atoms with Crippen LogP contribution < -0.4 is 0 Å². The maximum atomic E-state index is 9.37. The van der Waals surface area contributed by atoms with Crippen molar-refractivity contribution in [3.63, 3.8) is 0 Å². The van der Waals surface area contributed by atoms with E-state index in [1.54, 1.807) is 0 Å². The predicted octanol–water partition coefficient (Wildman–Crippen LogP) is 2.52. The van der Waals surface area contributed by atoms with Crippen LogP contribution >= 0.6 is 0 Å². The average Bonchev–Trinajstić information content (AvgIpc) is 2.66. The van der Waals surface area contributed by atoms with Gasteiger partial charge >= 0.3 is 0 Å². The summed E-state index contributed by atoms with van der Waals surface area (Å²) in [6.45, 7) is 0. The minimum absolute atomic E-state index is 0.0308. The lowest BCUT2D eigenvalue weighted by molar-refractivity contribution is 1.29. The van der Waals surface area contributed by atoms with Gasteiger partial charge in [-0.2, -0.15) is 31.6 Å². The monoisotopic (exact) mass is 317 g/mol.